The average molecular weight is 233 g/mol. The Morgan fingerprint density at radius 3 is 2.72 bits per heavy atom. The Labute approximate surface area is 103 Å². The van der Waals surface area contributed by atoms with Crippen LogP contribution in [0.2, 0.25) is 0 Å². The van der Waals surface area contributed by atoms with Gasteiger partial charge in [-0.3, -0.25) is 4.40 Å². The van der Waals surface area contributed by atoms with Crippen molar-refractivity contribution in [3.8, 4) is 0 Å². The standard InChI is InChI=1S/C15H11N3/c16-11-6-7-13-10(9-11)5-8-15-17-12-3-1-2-4-14(12)18(13)15/h1-9H,16H2. The smallest absolute Gasteiger partial charge is 0.138 e. The third-order valence-electron chi connectivity index (χ3n) is 3.29. The van der Waals surface area contributed by atoms with Gasteiger partial charge in [-0.05, 0) is 42.5 Å². The molecule has 18 heavy (non-hydrogen) atoms. The van der Waals surface area contributed by atoms with Gasteiger partial charge in [-0.2, -0.15) is 0 Å². The Kier molecular flexibility index (Phi) is 1.70. The number of imidazole rings is 1. The Morgan fingerprint density at radius 2 is 1.78 bits per heavy atom. The number of para-hydroxylation sites is 2. The van der Waals surface area contributed by atoms with Crippen molar-refractivity contribution in [2.75, 3.05) is 5.73 Å². The molecule has 86 valence electrons. The molecule has 0 spiro atoms. The number of pyridine rings is 1. The number of nitrogens with zero attached hydrogens (tertiary/aromatic N) is 2. The molecule has 0 aliphatic rings. The fraction of sp³-hybridized carbons (Fsp3) is 0. The molecule has 4 aromatic rings. The fourth-order valence-corrected chi connectivity index (χ4v) is 2.48. The molecule has 0 aliphatic carbocycles. The van der Waals surface area contributed by atoms with Gasteiger partial charge in [-0.25, -0.2) is 4.98 Å². The number of rotatable bonds is 0. The van der Waals surface area contributed by atoms with E-state index >= 15 is 0 Å². The molecule has 0 fully saturated rings. The van der Waals surface area contributed by atoms with E-state index in [1.165, 1.54) is 0 Å². The maximum Gasteiger partial charge on any atom is 0.138 e. The van der Waals surface area contributed by atoms with Crippen LogP contribution in [-0.4, -0.2) is 9.38 Å². The normalized spacial score (nSPS) is 11.6. The number of anilines is 1. The molecule has 2 aromatic heterocycles. The van der Waals surface area contributed by atoms with Gasteiger partial charge in [0.2, 0.25) is 0 Å². The lowest BCUT2D eigenvalue weighted by Gasteiger charge is -2.03. The van der Waals surface area contributed by atoms with Crippen LogP contribution in [0.1, 0.15) is 0 Å². The maximum absolute atomic E-state index is 5.83. The summed E-state index contributed by atoms with van der Waals surface area (Å²) in [6.45, 7) is 0. The SMILES string of the molecule is Nc1ccc2c(ccc3nc4ccccc4n32)c1. The highest BCUT2D eigenvalue weighted by Gasteiger charge is 2.06. The van der Waals surface area contributed by atoms with Gasteiger partial charge >= 0.3 is 0 Å². The van der Waals surface area contributed by atoms with E-state index in [0.717, 1.165) is 33.3 Å². The third-order valence-corrected chi connectivity index (χ3v) is 3.29. The Balaban J connectivity index is 2.32. The van der Waals surface area contributed by atoms with Crippen molar-refractivity contribution >= 4 is 33.3 Å². The van der Waals surface area contributed by atoms with Gasteiger partial charge in [0.25, 0.3) is 0 Å². The molecule has 0 saturated heterocycles. The number of fused-ring (bicyclic) bond motifs is 5. The highest BCUT2D eigenvalue weighted by Crippen LogP contribution is 2.24. The lowest BCUT2D eigenvalue weighted by molar-refractivity contribution is 1.30. The summed E-state index contributed by atoms with van der Waals surface area (Å²) in [4.78, 5) is 4.62. The van der Waals surface area contributed by atoms with Gasteiger partial charge < -0.3 is 5.73 Å². The van der Waals surface area contributed by atoms with Crippen LogP contribution in [0.5, 0.6) is 0 Å². The zero-order valence-corrected chi connectivity index (χ0v) is 9.67. The second kappa shape index (κ2) is 3.23. The van der Waals surface area contributed by atoms with Crippen molar-refractivity contribution in [2.24, 2.45) is 0 Å². The van der Waals surface area contributed by atoms with E-state index in [1.54, 1.807) is 0 Å². The van der Waals surface area contributed by atoms with Crippen LogP contribution in [0.3, 0.4) is 0 Å². The van der Waals surface area contributed by atoms with Crippen molar-refractivity contribution in [1.29, 1.82) is 0 Å². The van der Waals surface area contributed by atoms with Crippen molar-refractivity contribution in [3.63, 3.8) is 0 Å². The first-order valence-electron chi connectivity index (χ1n) is 5.88. The first-order chi connectivity index (χ1) is 8.83. The molecular weight excluding hydrogens is 222 g/mol. The third kappa shape index (κ3) is 1.16. The summed E-state index contributed by atoms with van der Waals surface area (Å²) in [5, 5.41) is 1.13. The van der Waals surface area contributed by atoms with E-state index in [9.17, 15) is 0 Å². The van der Waals surface area contributed by atoms with Crippen molar-refractivity contribution in [1.82, 2.24) is 9.38 Å². The first kappa shape index (κ1) is 9.48. The Bertz CT molecular complexity index is 890. The van der Waals surface area contributed by atoms with Crippen LogP contribution in [-0.2, 0) is 0 Å². The highest BCUT2D eigenvalue weighted by molar-refractivity contribution is 5.91. The first-order valence-corrected chi connectivity index (χ1v) is 5.88. The zero-order chi connectivity index (χ0) is 12.1. The predicted octanol–water partition coefficient (Wildman–Crippen LogP) is 3.22. The van der Waals surface area contributed by atoms with Gasteiger partial charge in [-0.1, -0.05) is 12.1 Å². The molecular formula is C15H11N3. The van der Waals surface area contributed by atoms with Crippen molar-refractivity contribution in [2.45, 2.75) is 0 Å². The average Bonchev–Trinajstić information content (AvgIpc) is 2.77. The minimum Gasteiger partial charge on any atom is -0.399 e. The molecule has 4 rings (SSSR count). The van der Waals surface area contributed by atoms with Crippen LogP contribution in [0.4, 0.5) is 5.69 Å². The molecule has 2 aromatic carbocycles. The van der Waals surface area contributed by atoms with Crippen molar-refractivity contribution in [3.05, 3.63) is 54.6 Å². The second-order valence-electron chi connectivity index (χ2n) is 4.45. The second-order valence-corrected chi connectivity index (χ2v) is 4.45. The van der Waals surface area contributed by atoms with E-state index in [1.807, 2.05) is 42.5 Å². The molecule has 3 heteroatoms. The topological polar surface area (TPSA) is 43.3 Å². The van der Waals surface area contributed by atoms with Gasteiger partial charge in [-0.15, -0.1) is 0 Å². The zero-order valence-electron chi connectivity index (χ0n) is 9.67. The molecule has 2 N–H and O–H groups in total. The summed E-state index contributed by atoms with van der Waals surface area (Å²) in [6, 6.07) is 18.2. The highest BCUT2D eigenvalue weighted by atomic mass is 15.0. The lowest BCUT2D eigenvalue weighted by Crippen LogP contribution is -1.90. The number of aromatic nitrogens is 2. The van der Waals surface area contributed by atoms with Gasteiger partial charge in [0.05, 0.1) is 16.6 Å². The summed E-state index contributed by atoms with van der Waals surface area (Å²) in [7, 11) is 0. The minimum atomic E-state index is 0.784. The van der Waals surface area contributed by atoms with Crippen LogP contribution < -0.4 is 5.73 Å². The largest absolute Gasteiger partial charge is 0.399 e. The summed E-state index contributed by atoms with van der Waals surface area (Å²) >= 11 is 0. The maximum atomic E-state index is 5.83. The summed E-state index contributed by atoms with van der Waals surface area (Å²) in [5.41, 5.74) is 10.9. The van der Waals surface area contributed by atoms with Crippen LogP contribution in [0, 0.1) is 0 Å². The quantitative estimate of drug-likeness (QED) is 0.474. The fourth-order valence-electron chi connectivity index (χ4n) is 2.48. The van der Waals surface area contributed by atoms with E-state index in [-0.39, 0.29) is 0 Å². The molecule has 0 radical (unpaired) electrons. The van der Waals surface area contributed by atoms with Crippen LogP contribution >= 0.6 is 0 Å². The van der Waals surface area contributed by atoms with Gasteiger partial charge in [0.15, 0.2) is 0 Å². The summed E-state index contributed by atoms with van der Waals surface area (Å²) in [5.74, 6) is 0. The van der Waals surface area contributed by atoms with E-state index in [0.29, 0.717) is 0 Å². The monoisotopic (exact) mass is 233 g/mol. The molecule has 2 heterocycles. The lowest BCUT2D eigenvalue weighted by atomic mass is 10.2. The molecule has 0 saturated carbocycles. The van der Waals surface area contributed by atoms with Crippen LogP contribution in [0.25, 0.3) is 27.6 Å². The molecule has 0 unspecified atom stereocenters. The molecule has 0 bridgehead atoms. The molecule has 3 nitrogen and oxygen atoms in total. The number of hydrogen-bond acceptors (Lipinski definition) is 2. The predicted molar refractivity (Wildman–Crippen MR) is 74.6 cm³/mol. The molecule has 0 aliphatic heterocycles. The number of nitrogens with two attached hydrogens (primary N) is 1. The van der Waals surface area contributed by atoms with E-state index in [2.05, 4.69) is 21.5 Å². The van der Waals surface area contributed by atoms with E-state index < -0.39 is 0 Å². The van der Waals surface area contributed by atoms with Crippen molar-refractivity contribution < 1.29 is 0 Å². The Morgan fingerprint density at radius 1 is 0.889 bits per heavy atom. The summed E-state index contributed by atoms with van der Waals surface area (Å²) < 4.78 is 2.17. The van der Waals surface area contributed by atoms with E-state index in [4.69, 9.17) is 5.73 Å². The Hall–Kier alpha value is -2.55. The molecule has 0 atom stereocenters. The number of benzene rings is 2. The van der Waals surface area contributed by atoms with Gasteiger partial charge in [0.1, 0.15) is 5.65 Å². The van der Waals surface area contributed by atoms with Crippen LogP contribution in [0.15, 0.2) is 54.6 Å². The number of nitrogen functional groups attached to an aromatic ring is 1. The number of hydrogen-bond donors (Lipinski definition) is 1. The molecule has 0 amide bonds. The minimum absolute atomic E-state index is 0.784. The van der Waals surface area contributed by atoms with Gasteiger partial charge in [0, 0.05) is 11.1 Å². The summed E-state index contributed by atoms with van der Waals surface area (Å²) in [6.07, 6.45) is 0.